The van der Waals surface area contributed by atoms with E-state index in [1.165, 1.54) is 16.4 Å². The Morgan fingerprint density at radius 3 is 2.71 bits per heavy atom. The molecule has 1 atom stereocenters. The first-order valence-corrected chi connectivity index (χ1v) is 8.37. The van der Waals surface area contributed by atoms with E-state index in [2.05, 4.69) is 0 Å². The van der Waals surface area contributed by atoms with Crippen molar-refractivity contribution in [3.8, 4) is 0 Å². The van der Waals surface area contributed by atoms with Crippen LogP contribution in [0.1, 0.15) is 25.7 Å². The van der Waals surface area contributed by atoms with Crippen molar-refractivity contribution >= 4 is 27.3 Å². The van der Waals surface area contributed by atoms with Crippen molar-refractivity contribution in [2.75, 3.05) is 6.54 Å². The van der Waals surface area contributed by atoms with Crippen LogP contribution in [0.4, 0.5) is 5.69 Å². The van der Waals surface area contributed by atoms with Gasteiger partial charge in [-0.3, -0.25) is 10.1 Å². The standard InChI is InChI=1S/C12H16ClN3O4S/c13-10-6-5-9(8-11(10)16(17)18)21(19,20)15-7-3-1-2-4-12(15)14/h5-6,8,12H,1-4,7,14H2. The van der Waals surface area contributed by atoms with Gasteiger partial charge >= 0.3 is 0 Å². The smallest absolute Gasteiger partial charge is 0.289 e. The average Bonchev–Trinajstić information content (AvgIpc) is 2.63. The van der Waals surface area contributed by atoms with Crippen LogP contribution in [-0.4, -0.2) is 30.4 Å². The van der Waals surface area contributed by atoms with Crippen LogP contribution < -0.4 is 5.73 Å². The molecule has 1 aromatic carbocycles. The molecule has 116 valence electrons. The maximum absolute atomic E-state index is 12.6. The van der Waals surface area contributed by atoms with E-state index in [9.17, 15) is 18.5 Å². The van der Waals surface area contributed by atoms with Gasteiger partial charge in [-0.25, -0.2) is 8.42 Å². The Morgan fingerprint density at radius 2 is 2.05 bits per heavy atom. The number of nitro groups is 1. The number of rotatable bonds is 3. The molecular weight excluding hydrogens is 318 g/mol. The van der Waals surface area contributed by atoms with Crippen LogP contribution >= 0.6 is 11.6 Å². The molecule has 1 heterocycles. The maximum atomic E-state index is 12.6. The van der Waals surface area contributed by atoms with E-state index >= 15 is 0 Å². The van der Waals surface area contributed by atoms with E-state index < -0.39 is 26.8 Å². The van der Waals surface area contributed by atoms with Gasteiger partial charge in [0.25, 0.3) is 5.69 Å². The second-order valence-electron chi connectivity index (χ2n) is 4.90. The maximum Gasteiger partial charge on any atom is 0.289 e. The second kappa shape index (κ2) is 6.27. The Balaban J connectivity index is 2.43. The van der Waals surface area contributed by atoms with Gasteiger partial charge < -0.3 is 5.73 Å². The van der Waals surface area contributed by atoms with Crippen molar-refractivity contribution in [1.29, 1.82) is 0 Å². The third-order valence-electron chi connectivity index (χ3n) is 3.47. The predicted molar refractivity (Wildman–Crippen MR) is 78.4 cm³/mol. The highest BCUT2D eigenvalue weighted by Crippen LogP contribution is 2.30. The van der Waals surface area contributed by atoms with Gasteiger partial charge in [0.15, 0.2) is 0 Å². The summed E-state index contributed by atoms with van der Waals surface area (Å²) in [4.78, 5) is 10.0. The van der Waals surface area contributed by atoms with Crippen LogP contribution in [0.5, 0.6) is 0 Å². The summed E-state index contributed by atoms with van der Waals surface area (Å²) in [5.41, 5.74) is 5.49. The minimum absolute atomic E-state index is 0.0980. The number of benzene rings is 1. The van der Waals surface area contributed by atoms with Crippen molar-refractivity contribution < 1.29 is 13.3 Å². The minimum Gasteiger partial charge on any atom is -0.315 e. The van der Waals surface area contributed by atoms with Crippen molar-refractivity contribution in [1.82, 2.24) is 4.31 Å². The van der Waals surface area contributed by atoms with Crippen molar-refractivity contribution in [3.05, 3.63) is 33.3 Å². The van der Waals surface area contributed by atoms with Gasteiger partial charge in [-0.15, -0.1) is 0 Å². The fourth-order valence-corrected chi connectivity index (χ4v) is 4.12. The Morgan fingerprint density at radius 1 is 1.33 bits per heavy atom. The summed E-state index contributed by atoms with van der Waals surface area (Å²) in [7, 11) is -3.86. The van der Waals surface area contributed by atoms with Crippen LogP contribution in [0.25, 0.3) is 0 Å². The quantitative estimate of drug-likeness (QED) is 0.673. The zero-order valence-corrected chi connectivity index (χ0v) is 12.8. The fraction of sp³-hybridized carbons (Fsp3) is 0.500. The lowest BCUT2D eigenvalue weighted by atomic mass is 10.2. The Bertz CT molecular complexity index is 650. The topological polar surface area (TPSA) is 107 Å². The molecule has 1 aliphatic rings. The summed E-state index contributed by atoms with van der Waals surface area (Å²) in [6.45, 7) is 0.319. The summed E-state index contributed by atoms with van der Waals surface area (Å²) < 4.78 is 26.4. The fourth-order valence-electron chi connectivity index (χ4n) is 2.33. The van der Waals surface area contributed by atoms with E-state index in [1.807, 2.05) is 0 Å². The van der Waals surface area contributed by atoms with Crippen LogP contribution in [-0.2, 0) is 10.0 Å². The summed E-state index contributed by atoms with van der Waals surface area (Å²) >= 11 is 5.71. The van der Waals surface area contributed by atoms with Gasteiger partial charge in [0.1, 0.15) is 5.02 Å². The molecule has 2 N–H and O–H groups in total. The van der Waals surface area contributed by atoms with Crippen LogP contribution in [0.3, 0.4) is 0 Å². The lowest BCUT2D eigenvalue weighted by molar-refractivity contribution is -0.384. The normalized spacial score (nSPS) is 21.0. The third-order valence-corrected chi connectivity index (χ3v) is 5.71. The second-order valence-corrected chi connectivity index (χ2v) is 7.20. The summed E-state index contributed by atoms with van der Waals surface area (Å²) in [5.74, 6) is 0. The zero-order valence-electron chi connectivity index (χ0n) is 11.2. The molecule has 1 fully saturated rings. The van der Waals surface area contributed by atoms with Gasteiger partial charge in [0.05, 0.1) is 16.0 Å². The monoisotopic (exact) mass is 333 g/mol. The Labute approximate surface area is 127 Å². The van der Waals surface area contributed by atoms with Crippen molar-refractivity contribution in [3.63, 3.8) is 0 Å². The van der Waals surface area contributed by atoms with E-state index in [-0.39, 0.29) is 9.92 Å². The molecule has 1 aromatic rings. The number of nitrogens with zero attached hydrogens (tertiary/aromatic N) is 2. The molecule has 1 aliphatic heterocycles. The number of hydrogen-bond donors (Lipinski definition) is 1. The molecule has 0 aliphatic carbocycles. The summed E-state index contributed by atoms with van der Waals surface area (Å²) in [5, 5.41) is 10.8. The third kappa shape index (κ3) is 3.34. The molecular formula is C12H16ClN3O4S. The van der Waals surface area contributed by atoms with E-state index in [1.54, 1.807) is 0 Å². The first-order valence-electron chi connectivity index (χ1n) is 6.55. The molecule has 1 unspecified atom stereocenters. The Kier molecular flexibility index (Phi) is 4.82. The SMILES string of the molecule is NC1CCCCCN1S(=O)(=O)c1ccc(Cl)c([N+](=O)[O-])c1. The lowest BCUT2D eigenvalue weighted by Gasteiger charge is -2.25. The van der Waals surface area contributed by atoms with Crippen LogP contribution in [0, 0.1) is 10.1 Å². The highest BCUT2D eigenvalue weighted by Gasteiger charge is 2.31. The number of halogens is 1. The number of sulfonamides is 1. The molecule has 0 amide bonds. The Hall–Kier alpha value is -1.22. The van der Waals surface area contributed by atoms with E-state index in [0.29, 0.717) is 13.0 Å². The average molecular weight is 334 g/mol. The molecule has 1 saturated heterocycles. The van der Waals surface area contributed by atoms with Crippen molar-refractivity contribution in [2.24, 2.45) is 5.73 Å². The first-order chi connectivity index (χ1) is 9.84. The van der Waals surface area contributed by atoms with Crippen LogP contribution in [0.2, 0.25) is 5.02 Å². The van der Waals surface area contributed by atoms with E-state index in [4.69, 9.17) is 17.3 Å². The van der Waals surface area contributed by atoms with E-state index in [0.717, 1.165) is 25.3 Å². The van der Waals surface area contributed by atoms with Gasteiger partial charge in [0, 0.05) is 12.6 Å². The molecule has 9 heteroatoms. The zero-order chi connectivity index (χ0) is 15.6. The van der Waals surface area contributed by atoms with Gasteiger partial charge in [-0.05, 0) is 25.0 Å². The first kappa shape index (κ1) is 16.2. The molecule has 0 saturated carbocycles. The van der Waals surface area contributed by atoms with Gasteiger partial charge in [0.2, 0.25) is 10.0 Å². The van der Waals surface area contributed by atoms with Gasteiger partial charge in [-0.1, -0.05) is 24.4 Å². The number of nitro benzene ring substituents is 1. The summed E-state index contributed by atoms with van der Waals surface area (Å²) in [6, 6.07) is 3.47. The molecule has 2 rings (SSSR count). The molecule has 0 aromatic heterocycles. The molecule has 7 nitrogen and oxygen atoms in total. The van der Waals surface area contributed by atoms with Gasteiger partial charge in [-0.2, -0.15) is 4.31 Å². The van der Waals surface area contributed by atoms with Crippen molar-refractivity contribution in [2.45, 2.75) is 36.7 Å². The summed E-state index contributed by atoms with van der Waals surface area (Å²) in [6.07, 6.45) is 2.48. The minimum atomic E-state index is -3.86. The molecule has 0 bridgehead atoms. The number of nitrogens with two attached hydrogens (primary N) is 1. The molecule has 0 spiro atoms. The predicted octanol–water partition coefficient (Wildman–Crippen LogP) is 2.10. The highest BCUT2D eigenvalue weighted by atomic mass is 35.5. The van der Waals surface area contributed by atoms with Crippen LogP contribution in [0.15, 0.2) is 23.1 Å². The molecule has 21 heavy (non-hydrogen) atoms. The largest absolute Gasteiger partial charge is 0.315 e. The number of hydrogen-bond acceptors (Lipinski definition) is 5. The lowest BCUT2D eigenvalue weighted by Crippen LogP contribution is -2.45. The highest BCUT2D eigenvalue weighted by molar-refractivity contribution is 7.89. The molecule has 0 radical (unpaired) electrons.